The number of aromatic nitrogens is 4. The van der Waals surface area contributed by atoms with Crippen LogP contribution in [0.3, 0.4) is 0 Å². The Morgan fingerprint density at radius 2 is 2.00 bits per heavy atom. The molecule has 3 aromatic rings. The van der Waals surface area contributed by atoms with E-state index in [0.29, 0.717) is 23.5 Å². The Balaban J connectivity index is 1.78. The fraction of sp³-hybridized carbons (Fsp3) is 0.154. The van der Waals surface area contributed by atoms with Gasteiger partial charge in [0.1, 0.15) is 17.7 Å². The monoisotopic (exact) mass is 254 g/mol. The fourth-order valence-electron chi connectivity index (χ4n) is 1.84. The van der Waals surface area contributed by atoms with Gasteiger partial charge in [0.15, 0.2) is 11.5 Å². The SMILES string of the molecule is Cc1ccc(NCc2nc3ncnc(N)c3[nH]2)cc1. The third kappa shape index (κ3) is 2.33. The maximum atomic E-state index is 5.75. The number of rotatable bonds is 3. The van der Waals surface area contributed by atoms with E-state index < -0.39 is 0 Å². The van der Waals surface area contributed by atoms with E-state index in [1.165, 1.54) is 11.9 Å². The van der Waals surface area contributed by atoms with Gasteiger partial charge in [0.2, 0.25) is 0 Å². The zero-order chi connectivity index (χ0) is 13.2. The number of hydrogen-bond acceptors (Lipinski definition) is 5. The van der Waals surface area contributed by atoms with Gasteiger partial charge in [0.05, 0.1) is 6.54 Å². The number of nitrogens with one attached hydrogen (secondary N) is 2. The third-order valence-corrected chi connectivity index (χ3v) is 2.88. The summed E-state index contributed by atoms with van der Waals surface area (Å²) in [5.74, 6) is 1.20. The molecule has 0 fully saturated rings. The number of hydrogen-bond donors (Lipinski definition) is 3. The highest BCUT2D eigenvalue weighted by atomic mass is 15.1. The lowest BCUT2D eigenvalue weighted by Gasteiger charge is -2.04. The van der Waals surface area contributed by atoms with Gasteiger partial charge < -0.3 is 16.0 Å². The lowest BCUT2D eigenvalue weighted by molar-refractivity contribution is 1.01. The van der Waals surface area contributed by atoms with Crippen LogP contribution < -0.4 is 11.1 Å². The molecule has 0 aliphatic carbocycles. The number of aryl methyl sites for hydroxylation is 1. The lowest BCUT2D eigenvalue weighted by Crippen LogP contribution is -2.01. The minimum atomic E-state index is 0.416. The van der Waals surface area contributed by atoms with Gasteiger partial charge in [-0.05, 0) is 19.1 Å². The van der Waals surface area contributed by atoms with Crippen molar-refractivity contribution < 1.29 is 0 Å². The molecule has 6 nitrogen and oxygen atoms in total. The Kier molecular flexibility index (Phi) is 2.75. The van der Waals surface area contributed by atoms with Crippen molar-refractivity contribution >= 4 is 22.7 Å². The topological polar surface area (TPSA) is 92.5 Å². The first-order valence-electron chi connectivity index (χ1n) is 5.98. The third-order valence-electron chi connectivity index (χ3n) is 2.88. The number of H-pyrrole nitrogens is 1. The second kappa shape index (κ2) is 4.56. The summed E-state index contributed by atoms with van der Waals surface area (Å²) in [4.78, 5) is 15.5. The molecule has 4 N–H and O–H groups in total. The van der Waals surface area contributed by atoms with Crippen LogP contribution in [0.25, 0.3) is 11.2 Å². The molecule has 0 saturated heterocycles. The van der Waals surface area contributed by atoms with Gasteiger partial charge >= 0.3 is 0 Å². The number of benzene rings is 1. The van der Waals surface area contributed by atoms with Crippen molar-refractivity contribution in [3.63, 3.8) is 0 Å². The lowest BCUT2D eigenvalue weighted by atomic mass is 10.2. The number of fused-ring (bicyclic) bond motifs is 1. The average molecular weight is 254 g/mol. The van der Waals surface area contributed by atoms with Gasteiger partial charge in [-0.1, -0.05) is 17.7 Å². The minimum absolute atomic E-state index is 0.416. The first-order chi connectivity index (χ1) is 9.22. The number of nitrogen functional groups attached to an aromatic ring is 1. The zero-order valence-electron chi connectivity index (χ0n) is 10.5. The van der Waals surface area contributed by atoms with E-state index in [1.807, 2.05) is 12.1 Å². The van der Waals surface area contributed by atoms with E-state index in [2.05, 4.69) is 44.3 Å². The van der Waals surface area contributed by atoms with Crippen molar-refractivity contribution in [3.05, 3.63) is 42.0 Å². The van der Waals surface area contributed by atoms with Gasteiger partial charge in [-0.3, -0.25) is 0 Å². The summed E-state index contributed by atoms with van der Waals surface area (Å²) in [6, 6.07) is 8.19. The average Bonchev–Trinajstić information content (AvgIpc) is 2.83. The van der Waals surface area contributed by atoms with Crippen molar-refractivity contribution in [1.29, 1.82) is 0 Å². The molecule has 0 radical (unpaired) electrons. The molecule has 3 rings (SSSR count). The quantitative estimate of drug-likeness (QED) is 0.663. The van der Waals surface area contributed by atoms with Crippen LogP contribution in [0.4, 0.5) is 11.5 Å². The molecule has 0 aliphatic heterocycles. The normalized spacial score (nSPS) is 10.8. The maximum absolute atomic E-state index is 5.75. The molecular formula is C13H14N6. The second-order valence-electron chi connectivity index (χ2n) is 4.36. The highest BCUT2D eigenvalue weighted by molar-refractivity contribution is 5.81. The summed E-state index contributed by atoms with van der Waals surface area (Å²) in [6.07, 6.45) is 1.41. The first-order valence-corrected chi connectivity index (χ1v) is 5.98. The van der Waals surface area contributed by atoms with Gasteiger partial charge in [-0.15, -0.1) is 0 Å². The van der Waals surface area contributed by atoms with E-state index in [0.717, 1.165) is 11.5 Å². The van der Waals surface area contributed by atoms with E-state index in [1.54, 1.807) is 0 Å². The van der Waals surface area contributed by atoms with Crippen LogP contribution in [0, 0.1) is 6.92 Å². The number of anilines is 2. The molecule has 19 heavy (non-hydrogen) atoms. The number of imidazole rings is 1. The van der Waals surface area contributed by atoms with Crippen LogP contribution in [-0.4, -0.2) is 19.9 Å². The smallest absolute Gasteiger partial charge is 0.183 e. The van der Waals surface area contributed by atoms with Crippen molar-refractivity contribution in [2.24, 2.45) is 0 Å². The van der Waals surface area contributed by atoms with Crippen LogP contribution in [0.5, 0.6) is 0 Å². The van der Waals surface area contributed by atoms with Crippen molar-refractivity contribution in [3.8, 4) is 0 Å². The van der Waals surface area contributed by atoms with Crippen LogP contribution in [0.1, 0.15) is 11.4 Å². The zero-order valence-corrected chi connectivity index (χ0v) is 10.5. The molecule has 0 amide bonds. The molecule has 0 bridgehead atoms. The Labute approximate surface area is 110 Å². The van der Waals surface area contributed by atoms with Crippen LogP contribution in [0.15, 0.2) is 30.6 Å². The predicted molar refractivity (Wildman–Crippen MR) is 74.6 cm³/mol. The number of nitrogens with two attached hydrogens (primary N) is 1. The fourth-order valence-corrected chi connectivity index (χ4v) is 1.84. The largest absolute Gasteiger partial charge is 0.382 e. The molecule has 0 spiro atoms. The molecule has 0 atom stereocenters. The Hall–Kier alpha value is -2.63. The van der Waals surface area contributed by atoms with E-state index in [4.69, 9.17) is 5.73 Å². The summed E-state index contributed by atoms with van der Waals surface area (Å²) in [7, 11) is 0. The molecule has 6 heteroatoms. The molecule has 96 valence electrons. The maximum Gasteiger partial charge on any atom is 0.183 e. The highest BCUT2D eigenvalue weighted by Gasteiger charge is 2.06. The molecular weight excluding hydrogens is 240 g/mol. The summed E-state index contributed by atoms with van der Waals surface area (Å²) >= 11 is 0. The number of nitrogens with zero attached hydrogens (tertiary/aromatic N) is 3. The molecule has 1 aromatic carbocycles. The summed E-state index contributed by atoms with van der Waals surface area (Å²) in [6.45, 7) is 2.64. The Bertz CT molecular complexity index is 701. The predicted octanol–water partition coefficient (Wildman–Crippen LogP) is 1.86. The van der Waals surface area contributed by atoms with E-state index >= 15 is 0 Å². The number of aromatic amines is 1. The first kappa shape index (κ1) is 11.5. The second-order valence-corrected chi connectivity index (χ2v) is 4.36. The van der Waals surface area contributed by atoms with Crippen LogP contribution in [0.2, 0.25) is 0 Å². The molecule has 0 unspecified atom stereocenters. The van der Waals surface area contributed by atoms with Crippen molar-refractivity contribution in [2.45, 2.75) is 13.5 Å². The van der Waals surface area contributed by atoms with E-state index in [9.17, 15) is 0 Å². The van der Waals surface area contributed by atoms with Crippen molar-refractivity contribution in [1.82, 2.24) is 19.9 Å². The Morgan fingerprint density at radius 3 is 2.74 bits per heavy atom. The van der Waals surface area contributed by atoms with Crippen molar-refractivity contribution in [2.75, 3.05) is 11.1 Å². The standard InChI is InChI=1S/C13H14N6/c1-8-2-4-9(5-3-8)15-6-10-18-11-12(14)16-7-17-13(11)19-10/h2-5,7,15H,6H2,1H3,(H3,14,16,17,18,19). The summed E-state index contributed by atoms with van der Waals surface area (Å²) in [5.41, 5.74) is 9.31. The van der Waals surface area contributed by atoms with Crippen LogP contribution >= 0.6 is 0 Å². The van der Waals surface area contributed by atoms with Gasteiger partial charge in [-0.2, -0.15) is 0 Å². The Morgan fingerprint density at radius 1 is 1.21 bits per heavy atom. The molecule has 0 saturated carbocycles. The summed E-state index contributed by atoms with van der Waals surface area (Å²) in [5, 5.41) is 3.29. The van der Waals surface area contributed by atoms with Gasteiger partial charge in [0.25, 0.3) is 0 Å². The highest BCUT2D eigenvalue weighted by Crippen LogP contribution is 2.14. The van der Waals surface area contributed by atoms with Gasteiger partial charge in [0, 0.05) is 5.69 Å². The van der Waals surface area contributed by atoms with Gasteiger partial charge in [-0.25, -0.2) is 15.0 Å². The minimum Gasteiger partial charge on any atom is -0.382 e. The molecule has 0 aliphatic rings. The van der Waals surface area contributed by atoms with Crippen LogP contribution in [-0.2, 0) is 6.54 Å². The molecule has 2 heterocycles. The van der Waals surface area contributed by atoms with E-state index in [-0.39, 0.29) is 0 Å². The molecule has 2 aromatic heterocycles. The summed E-state index contributed by atoms with van der Waals surface area (Å²) < 4.78 is 0.